The van der Waals surface area contributed by atoms with Gasteiger partial charge in [-0.2, -0.15) is 0 Å². The Hall–Kier alpha value is -1.16. The van der Waals surface area contributed by atoms with Crippen molar-refractivity contribution in [3.05, 3.63) is 29.8 Å². The van der Waals surface area contributed by atoms with Gasteiger partial charge in [0.15, 0.2) is 0 Å². The predicted molar refractivity (Wildman–Crippen MR) is 69.2 cm³/mol. The molecule has 19 heavy (non-hydrogen) atoms. The van der Waals surface area contributed by atoms with E-state index in [4.69, 9.17) is 4.74 Å². The molecule has 2 fully saturated rings. The molecule has 0 atom stereocenters. The molecule has 1 saturated heterocycles. The zero-order valence-electron chi connectivity index (χ0n) is 11.2. The van der Waals surface area contributed by atoms with E-state index in [1.807, 2.05) is 0 Å². The zero-order valence-corrected chi connectivity index (χ0v) is 11.2. The maximum absolute atomic E-state index is 13.0. The van der Waals surface area contributed by atoms with Crippen LogP contribution in [-0.4, -0.2) is 30.6 Å². The van der Waals surface area contributed by atoms with Crippen molar-refractivity contribution in [3.63, 3.8) is 0 Å². The minimum atomic E-state index is -0.589. The van der Waals surface area contributed by atoms with Crippen LogP contribution in [0.5, 0.6) is 5.75 Å². The summed E-state index contributed by atoms with van der Waals surface area (Å²) in [5.41, 5.74) is 0.552. The van der Waals surface area contributed by atoms with E-state index in [1.54, 1.807) is 0 Å². The van der Waals surface area contributed by atoms with Gasteiger partial charge >= 0.3 is 0 Å². The van der Waals surface area contributed by atoms with E-state index in [1.165, 1.54) is 31.4 Å². The van der Waals surface area contributed by atoms with Gasteiger partial charge in [0.05, 0.1) is 0 Å². The number of nitrogens with zero attached hydrogens (tertiary/aromatic N) is 1. The second kappa shape index (κ2) is 4.75. The van der Waals surface area contributed by atoms with Gasteiger partial charge in [-0.15, -0.1) is 0 Å². The number of hydrogen-bond donors (Lipinski definition) is 0. The van der Waals surface area contributed by atoms with Crippen molar-refractivity contribution in [1.82, 2.24) is 4.90 Å². The van der Waals surface area contributed by atoms with Gasteiger partial charge in [0.25, 0.3) is 0 Å². The third-order valence-electron chi connectivity index (χ3n) is 4.33. The second-order valence-electron chi connectivity index (χ2n) is 5.89. The highest BCUT2D eigenvalue weighted by molar-refractivity contribution is 5.24. The smallest absolute Gasteiger partial charge is 0.129 e. The predicted octanol–water partition coefficient (Wildman–Crippen LogP) is 3.22. The van der Waals surface area contributed by atoms with Gasteiger partial charge in [0.2, 0.25) is 0 Å². The molecule has 0 spiro atoms. The third kappa shape index (κ3) is 2.89. The molecule has 2 nitrogen and oxygen atoms in total. The van der Waals surface area contributed by atoms with Crippen LogP contribution < -0.4 is 4.74 Å². The van der Waals surface area contributed by atoms with Gasteiger partial charge in [0, 0.05) is 37.8 Å². The van der Waals surface area contributed by atoms with E-state index in [-0.39, 0.29) is 6.10 Å². The van der Waals surface area contributed by atoms with Crippen molar-refractivity contribution >= 4 is 0 Å². The summed E-state index contributed by atoms with van der Waals surface area (Å²) in [5.74, 6) is -0.887. The first-order valence-corrected chi connectivity index (χ1v) is 6.94. The first kappa shape index (κ1) is 12.9. The van der Waals surface area contributed by atoms with Crippen molar-refractivity contribution in [2.45, 2.75) is 32.3 Å². The van der Waals surface area contributed by atoms with Crippen LogP contribution in [0.15, 0.2) is 18.2 Å². The maximum atomic E-state index is 13.0. The summed E-state index contributed by atoms with van der Waals surface area (Å²) in [6, 6.07) is 3.33. The van der Waals surface area contributed by atoms with Crippen LogP contribution in [0.3, 0.4) is 0 Å². The fourth-order valence-corrected chi connectivity index (χ4v) is 2.79. The van der Waals surface area contributed by atoms with E-state index in [0.29, 0.717) is 11.2 Å². The van der Waals surface area contributed by atoms with Gasteiger partial charge in [0.1, 0.15) is 23.5 Å². The molecule has 1 heterocycles. The molecule has 0 bridgehead atoms. The highest BCUT2D eigenvalue weighted by Gasteiger charge is 2.44. The molecule has 3 rings (SSSR count). The summed E-state index contributed by atoms with van der Waals surface area (Å²) >= 11 is 0. The van der Waals surface area contributed by atoms with Gasteiger partial charge < -0.3 is 4.74 Å². The Bertz CT molecular complexity index is 447. The molecule has 0 N–H and O–H groups in total. The fraction of sp³-hybridized carbons (Fsp3) is 0.600. The number of likely N-dealkylation sites (tertiary alicyclic amines) is 1. The summed E-state index contributed by atoms with van der Waals surface area (Å²) in [5, 5.41) is 0. The Morgan fingerprint density at radius 1 is 1.21 bits per heavy atom. The van der Waals surface area contributed by atoms with Crippen LogP contribution in [0.1, 0.15) is 26.2 Å². The van der Waals surface area contributed by atoms with Crippen LogP contribution >= 0.6 is 0 Å². The summed E-state index contributed by atoms with van der Waals surface area (Å²) < 4.78 is 31.6. The molecule has 0 unspecified atom stereocenters. The largest absolute Gasteiger partial charge is 0.488 e. The zero-order chi connectivity index (χ0) is 13.5. The quantitative estimate of drug-likeness (QED) is 0.812. The van der Waals surface area contributed by atoms with E-state index in [0.717, 1.165) is 25.7 Å². The number of ether oxygens (including phenoxy) is 1. The highest BCUT2D eigenvalue weighted by Crippen LogP contribution is 2.49. The molecule has 1 saturated carbocycles. The molecular weight excluding hydrogens is 248 g/mol. The van der Waals surface area contributed by atoms with Crippen molar-refractivity contribution in [2.24, 2.45) is 5.41 Å². The molecule has 1 aromatic carbocycles. The molecule has 0 amide bonds. The first-order chi connectivity index (χ1) is 9.08. The number of benzene rings is 1. The third-order valence-corrected chi connectivity index (χ3v) is 4.33. The van der Waals surface area contributed by atoms with Crippen LogP contribution in [-0.2, 0) is 0 Å². The monoisotopic (exact) mass is 267 g/mol. The van der Waals surface area contributed by atoms with E-state index in [9.17, 15) is 8.78 Å². The molecule has 2 aliphatic rings. The van der Waals surface area contributed by atoms with E-state index < -0.39 is 11.6 Å². The molecule has 4 heteroatoms. The van der Waals surface area contributed by atoms with Crippen LogP contribution in [0, 0.1) is 17.0 Å². The van der Waals surface area contributed by atoms with Crippen molar-refractivity contribution in [1.29, 1.82) is 0 Å². The lowest BCUT2D eigenvalue weighted by Gasteiger charge is -2.41. The molecule has 1 aliphatic carbocycles. The van der Waals surface area contributed by atoms with Crippen LogP contribution in [0.25, 0.3) is 0 Å². The number of halogens is 2. The minimum absolute atomic E-state index is 0.0638. The molecule has 0 radical (unpaired) electrons. The average Bonchev–Trinajstić information content (AvgIpc) is 3.05. The number of rotatable bonds is 5. The van der Waals surface area contributed by atoms with Crippen LogP contribution in [0.4, 0.5) is 8.78 Å². The summed E-state index contributed by atoms with van der Waals surface area (Å²) in [6.07, 6.45) is 3.97. The van der Waals surface area contributed by atoms with Gasteiger partial charge in [-0.05, 0) is 24.7 Å². The van der Waals surface area contributed by atoms with E-state index in [2.05, 4.69) is 11.8 Å². The topological polar surface area (TPSA) is 12.5 Å². The van der Waals surface area contributed by atoms with Gasteiger partial charge in [-0.1, -0.05) is 6.92 Å². The van der Waals surface area contributed by atoms with Crippen molar-refractivity contribution in [2.75, 3.05) is 19.6 Å². The fourth-order valence-electron chi connectivity index (χ4n) is 2.79. The maximum Gasteiger partial charge on any atom is 0.129 e. The van der Waals surface area contributed by atoms with Gasteiger partial charge in [-0.3, -0.25) is 4.90 Å². The van der Waals surface area contributed by atoms with Crippen LogP contribution in [0.2, 0.25) is 0 Å². The summed E-state index contributed by atoms with van der Waals surface area (Å²) in [6.45, 7) is 5.11. The first-order valence-electron chi connectivity index (χ1n) is 6.94. The Morgan fingerprint density at radius 3 is 2.37 bits per heavy atom. The number of hydrogen-bond acceptors (Lipinski definition) is 2. The van der Waals surface area contributed by atoms with Crippen molar-refractivity contribution in [3.8, 4) is 5.75 Å². The lowest BCUT2D eigenvalue weighted by atomic mass is 10.0. The summed E-state index contributed by atoms with van der Waals surface area (Å²) in [4.78, 5) is 2.37. The molecule has 0 aromatic heterocycles. The second-order valence-corrected chi connectivity index (χ2v) is 5.89. The minimum Gasteiger partial charge on any atom is -0.488 e. The van der Waals surface area contributed by atoms with Crippen molar-refractivity contribution < 1.29 is 13.5 Å². The van der Waals surface area contributed by atoms with Gasteiger partial charge in [-0.25, -0.2) is 8.78 Å². The molecule has 1 aliphatic heterocycles. The molecular formula is C15H19F2NO. The molecule has 1 aromatic rings. The standard InChI is InChI=1S/C15H19F2NO/c1-2-15(3-4-15)10-18-8-14(9-18)19-13-6-11(16)5-12(17)7-13/h5-7,14H,2-4,8-10H2,1H3. The Labute approximate surface area is 112 Å². The SMILES string of the molecule is CCC1(CN2CC(Oc3cc(F)cc(F)c3)C2)CC1. The Morgan fingerprint density at radius 2 is 1.84 bits per heavy atom. The average molecular weight is 267 g/mol. The van der Waals surface area contributed by atoms with E-state index >= 15 is 0 Å². The lowest BCUT2D eigenvalue weighted by molar-refractivity contribution is 0.00639. The Kier molecular flexibility index (Phi) is 3.21. The molecule has 104 valence electrons. The highest BCUT2D eigenvalue weighted by atomic mass is 19.1. The Balaban J connectivity index is 1.48. The normalized spacial score (nSPS) is 22.1. The summed E-state index contributed by atoms with van der Waals surface area (Å²) in [7, 11) is 0. The lowest BCUT2D eigenvalue weighted by Crippen LogP contribution is -2.55.